The van der Waals surface area contributed by atoms with E-state index in [-0.39, 0.29) is 23.2 Å². The van der Waals surface area contributed by atoms with Gasteiger partial charge in [0, 0.05) is 12.3 Å². The van der Waals surface area contributed by atoms with E-state index in [1.54, 1.807) is 0 Å². The summed E-state index contributed by atoms with van der Waals surface area (Å²) in [5, 5.41) is -0.214. The molecule has 0 unspecified atom stereocenters. The topological polar surface area (TPSA) is 34.1 Å². The van der Waals surface area contributed by atoms with E-state index in [2.05, 4.69) is 12.6 Å². The molecule has 0 heterocycles. The van der Waals surface area contributed by atoms with Crippen LogP contribution in [0.25, 0.3) is 0 Å². The van der Waals surface area contributed by atoms with Gasteiger partial charge in [0.1, 0.15) is 5.78 Å². The lowest BCUT2D eigenvalue weighted by Crippen LogP contribution is -2.15. The average Bonchev–Trinajstić information content (AvgIpc) is 2.17. The summed E-state index contributed by atoms with van der Waals surface area (Å²) in [6, 6.07) is 9.66. The third-order valence-corrected chi connectivity index (χ3v) is 2.57. The number of hydrogen-bond donors (Lipinski definition) is 1. The fourth-order valence-corrected chi connectivity index (χ4v) is 1.67. The molecule has 0 spiro atoms. The number of benzene rings is 1. The maximum absolute atomic E-state index is 11.2. The van der Waals surface area contributed by atoms with Crippen LogP contribution in [0.15, 0.2) is 30.3 Å². The van der Waals surface area contributed by atoms with Gasteiger partial charge >= 0.3 is 0 Å². The summed E-state index contributed by atoms with van der Waals surface area (Å²) < 4.78 is 0. The lowest BCUT2D eigenvalue weighted by Gasteiger charge is -2.10. The van der Waals surface area contributed by atoms with E-state index in [0.717, 1.165) is 5.56 Å². The lowest BCUT2D eigenvalue weighted by atomic mass is 9.96. The molecule has 15 heavy (non-hydrogen) atoms. The van der Waals surface area contributed by atoms with Gasteiger partial charge in [-0.25, -0.2) is 0 Å². The molecule has 1 rings (SSSR count). The normalized spacial score (nSPS) is 12.1. The van der Waals surface area contributed by atoms with Crippen molar-refractivity contribution < 1.29 is 9.59 Å². The minimum atomic E-state index is -0.298. The van der Waals surface area contributed by atoms with Gasteiger partial charge in [0.25, 0.3) is 0 Å². The Kier molecular flexibility index (Phi) is 4.56. The van der Waals surface area contributed by atoms with E-state index in [1.807, 2.05) is 30.3 Å². The van der Waals surface area contributed by atoms with Crippen molar-refractivity contribution >= 4 is 23.5 Å². The third-order valence-electron chi connectivity index (χ3n) is 2.21. The molecule has 0 bridgehead atoms. The van der Waals surface area contributed by atoms with Crippen LogP contribution in [0.4, 0.5) is 0 Å². The molecular formula is C12H14O2S. The Morgan fingerprint density at radius 3 is 2.33 bits per heavy atom. The minimum Gasteiger partial charge on any atom is -0.300 e. The Labute approximate surface area is 95.1 Å². The molecular weight excluding hydrogens is 208 g/mol. The number of Topliss-reactive ketones (excluding diaryl/α,β-unsaturated/α-hetero) is 1. The molecule has 0 aliphatic rings. The molecule has 2 nitrogen and oxygen atoms in total. The zero-order valence-corrected chi connectivity index (χ0v) is 9.54. The molecule has 0 radical (unpaired) electrons. The number of carbonyl (C=O) groups excluding carboxylic acids is 2. The Hall–Kier alpha value is -1.09. The Morgan fingerprint density at radius 2 is 1.87 bits per heavy atom. The van der Waals surface area contributed by atoms with Crippen LogP contribution in [0.3, 0.4) is 0 Å². The highest BCUT2D eigenvalue weighted by atomic mass is 32.1. The first-order chi connectivity index (χ1) is 7.09. The summed E-state index contributed by atoms with van der Waals surface area (Å²) in [6.07, 6.45) is 0.861. The third kappa shape index (κ3) is 4.30. The van der Waals surface area contributed by atoms with Gasteiger partial charge in [-0.2, -0.15) is 0 Å². The molecule has 0 aliphatic carbocycles. The first kappa shape index (κ1) is 12.0. The second-order valence-corrected chi connectivity index (χ2v) is 4.07. The van der Waals surface area contributed by atoms with E-state index in [9.17, 15) is 9.59 Å². The van der Waals surface area contributed by atoms with Gasteiger partial charge in [0.2, 0.25) is 0 Å². The summed E-state index contributed by atoms with van der Waals surface area (Å²) in [5.74, 6) is -0.272. The molecule has 0 aliphatic heterocycles. The molecule has 0 fully saturated rings. The largest absolute Gasteiger partial charge is 0.300 e. The molecule has 0 saturated heterocycles. The average molecular weight is 222 g/mol. The maximum atomic E-state index is 11.2. The van der Waals surface area contributed by atoms with Crippen molar-refractivity contribution in [1.29, 1.82) is 0 Å². The standard InChI is InChI=1S/C12H14O2S/c1-9(13)7-11(12(14)15)8-10-5-3-2-4-6-10/h2-6,11H,7-8H2,1H3,(H,14,15)/t11-/m1/s1. The quantitative estimate of drug-likeness (QED) is 0.775. The molecule has 1 aromatic rings. The molecule has 0 N–H and O–H groups in total. The lowest BCUT2D eigenvalue weighted by molar-refractivity contribution is -0.122. The number of ketones is 1. The molecule has 1 atom stereocenters. The zero-order valence-electron chi connectivity index (χ0n) is 8.64. The molecule has 3 heteroatoms. The fourth-order valence-electron chi connectivity index (χ4n) is 1.49. The van der Waals surface area contributed by atoms with Gasteiger partial charge in [0.15, 0.2) is 5.12 Å². The van der Waals surface area contributed by atoms with Gasteiger partial charge < -0.3 is 4.79 Å². The summed E-state index contributed by atoms with van der Waals surface area (Å²) in [4.78, 5) is 22.2. The Morgan fingerprint density at radius 1 is 1.27 bits per heavy atom. The van der Waals surface area contributed by atoms with E-state index < -0.39 is 0 Å². The Bertz CT molecular complexity index is 346. The van der Waals surface area contributed by atoms with Gasteiger partial charge in [-0.3, -0.25) is 4.79 Å². The predicted molar refractivity (Wildman–Crippen MR) is 62.9 cm³/mol. The van der Waals surface area contributed by atoms with E-state index >= 15 is 0 Å². The molecule has 1 aromatic carbocycles. The van der Waals surface area contributed by atoms with Gasteiger partial charge in [-0.15, -0.1) is 12.6 Å². The van der Waals surface area contributed by atoms with Gasteiger partial charge in [-0.05, 0) is 18.9 Å². The second-order valence-electron chi connectivity index (χ2n) is 3.63. The van der Waals surface area contributed by atoms with E-state index in [1.165, 1.54) is 6.92 Å². The van der Waals surface area contributed by atoms with Crippen LogP contribution >= 0.6 is 12.6 Å². The van der Waals surface area contributed by atoms with Crippen molar-refractivity contribution in [3.63, 3.8) is 0 Å². The van der Waals surface area contributed by atoms with Crippen molar-refractivity contribution in [2.45, 2.75) is 19.8 Å². The van der Waals surface area contributed by atoms with Crippen molar-refractivity contribution in [2.75, 3.05) is 0 Å². The summed E-state index contributed by atoms with van der Waals surface area (Å²) in [7, 11) is 0. The maximum Gasteiger partial charge on any atom is 0.189 e. The van der Waals surface area contributed by atoms with Crippen molar-refractivity contribution in [3.8, 4) is 0 Å². The van der Waals surface area contributed by atoms with Crippen molar-refractivity contribution in [2.24, 2.45) is 5.92 Å². The van der Waals surface area contributed by atoms with Crippen LogP contribution in [0, 0.1) is 5.92 Å². The van der Waals surface area contributed by atoms with Crippen molar-refractivity contribution in [3.05, 3.63) is 35.9 Å². The molecule has 0 aromatic heterocycles. The summed E-state index contributed by atoms with van der Waals surface area (Å²) in [6.45, 7) is 1.49. The predicted octanol–water partition coefficient (Wildman–Crippen LogP) is 2.28. The van der Waals surface area contributed by atoms with Crippen LogP contribution in [-0.2, 0) is 16.0 Å². The summed E-state index contributed by atoms with van der Waals surface area (Å²) >= 11 is 3.81. The van der Waals surface area contributed by atoms with Gasteiger partial charge in [0.05, 0.1) is 0 Å². The first-order valence-corrected chi connectivity index (χ1v) is 5.30. The SMILES string of the molecule is CC(=O)C[C@H](Cc1ccccc1)C(=O)S. The highest BCUT2D eigenvalue weighted by Gasteiger charge is 2.17. The van der Waals surface area contributed by atoms with Crippen LogP contribution in [0.1, 0.15) is 18.9 Å². The number of thiol groups is 1. The zero-order chi connectivity index (χ0) is 11.3. The van der Waals surface area contributed by atoms with Crippen LogP contribution in [0.2, 0.25) is 0 Å². The number of carbonyl (C=O) groups is 2. The molecule has 0 amide bonds. The van der Waals surface area contributed by atoms with E-state index in [0.29, 0.717) is 6.42 Å². The molecule has 0 saturated carbocycles. The second kappa shape index (κ2) is 5.71. The number of hydrogen-bond acceptors (Lipinski definition) is 2. The van der Waals surface area contributed by atoms with Crippen LogP contribution < -0.4 is 0 Å². The summed E-state index contributed by atoms with van der Waals surface area (Å²) in [5.41, 5.74) is 1.06. The smallest absolute Gasteiger partial charge is 0.189 e. The van der Waals surface area contributed by atoms with Crippen LogP contribution in [0.5, 0.6) is 0 Å². The fraction of sp³-hybridized carbons (Fsp3) is 0.333. The monoisotopic (exact) mass is 222 g/mol. The van der Waals surface area contributed by atoms with E-state index in [4.69, 9.17) is 0 Å². The van der Waals surface area contributed by atoms with Crippen LogP contribution in [-0.4, -0.2) is 10.9 Å². The Balaban J connectivity index is 2.67. The highest BCUT2D eigenvalue weighted by Crippen LogP contribution is 2.15. The first-order valence-electron chi connectivity index (χ1n) is 4.85. The van der Waals surface area contributed by atoms with Gasteiger partial charge in [-0.1, -0.05) is 30.3 Å². The highest BCUT2D eigenvalue weighted by molar-refractivity contribution is 7.96. The van der Waals surface area contributed by atoms with Crippen molar-refractivity contribution in [1.82, 2.24) is 0 Å². The minimum absolute atomic E-state index is 0.0262. The number of rotatable bonds is 5. The molecule has 80 valence electrons.